The molecule has 2 rings (SSSR count). The van der Waals surface area contributed by atoms with Crippen molar-refractivity contribution in [2.75, 3.05) is 0 Å². The van der Waals surface area contributed by atoms with E-state index in [2.05, 4.69) is 0 Å². The number of phenols is 1. The van der Waals surface area contributed by atoms with Crippen LogP contribution in [0.15, 0.2) is 42.5 Å². The molecule has 0 aromatic heterocycles. The van der Waals surface area contributed by atoms with Gasteiger partial charge in [0.1, 0.15) is 12.4 Å². The normalized spacial score (nSPS) is 10.3. The molecule has 0 atom stereocenters. The highest BCUT2D eigenvalue weighted by atomic mass is 19.1. The summed E-state index contributed by atoms with van der Waals surface area (Å²) in [4.78, 5) is 0. The van der Waals surface area contributed by atoms with Crippen LogP contribution in [0.25, 0.3) is 0 Å². The number of rotatable bonds is 4. The Morgan fingerprint density at radius 2 is 1.67 bits per heavy atom. The molecule has 0 fully saturated rings. The second kappa shape index (κ2) is 5.51. The van der Waals surface area contributed by atoms with Crippen LogP contribution in [0.1, 0.15) is 11.1 Å². The fraction of sp³-hybridized carbons (Fsp3) is 0.143. The van der Waals surface area contributed by atoms with Crippen molar-refractivity contribution >= 4 is 0 Å². The lowest BCUT2D eigenvalue weighted by Crippen LogP contribution is -1.98. The molecule has 18 heavy (non-hydrogen) atoms. The van der Waals surface area contributed by atoms with Gasteiger partial charge >= 0.3 is 0 Å². The van der Waals surface area contributed by atoms with Crippen LogP contribution in [0.3, 0.4) is 0 Å². The van der Waals surface area contributed by atoms with Gasteiger partial charge in [-0.15, -0.1) is 0 Å². The largest absolute Gasteiger partial charge is 0.508 e. The summed E-state index contributed by atoms with van der Waals surface area (Å²) in [5, 5.41) is 18.0. The van der Waals surface area contributed by atoms with E-state index in [0.29, 0.717) is 5.56 Å². The summed E-state index contributed by atoms with van der Waals surface area (Å²) in [6, 6.07) is 10.8. The van der Waals surface area contributed by atoms with Gasteiger partial charge in [0.05, 0.1) is 6.61 Å². The number of aliphatic hydroxyl groups is 1. The summed E-state index contributed by atoms with van der Waals surface area (Å²) < 4.78 is 18.9. The van der Waals surface area contributed by atoms with Crippen molar-refractivity contribution in [1.82, 2.24) is 0 Å². The van der Waals surface area contributed by atoms with Crippen LogP contribution >= 0.6 is 0 Å². The molecule has 0 bridgehead atoms. The molecule has 4 heteroatoms. The van der Waals surface area contributed by atoms with E-state index in [9.17, 15) is 4.39 Å². The van der Waals surface area contributed by atoms with Crippen LogP contribution in [-0.4, -0.2) is 10.2 Å². The number of benzene rings is 2. The first-order valence-electron chi connectivity index (χ1n) is 5.49. The molecule has 0 aliphatic heterocycles. The highest BCUT2D eigenvalue weighted by Crippen LogP contribution is 2.20. The molecule has 0 heterocycles. The monoisotopic (exact) mass is 248 g/mol. The molecule has 2 aromatic carbocycles. The number of aliphatic hydroxyl groups excluding tert-OH is 1. The average molecular weight is 248 g/mol. The van der Waals surface area contributed by atoms with Crippen molar-refractivity contribution in [3.63, 3.8) is 0 Å². The highest BCUT2D eigenvalue weighted by Gasteiger charge is 2.04. The van der Waals surface area contributed by atoms with Gasteiger partial charge in [-0.2, -0.15) is 0 Å². The van der Waals surface area contributed by atoms with Crippen LogP contribution < -0.4 is 4.74 Å². The first kappa shape index (κ1) is 12.4. The third-order valence-electron chi connectivity index (χ3n) is 2.51. The second-order valence-corrected chi connectivity index (χ2v) is 3.88. The molecular formula is C14H13FO3. The number of hydrogen-bond donors (Lipinski definition) is 2. The highest BCUT2D eigenvalue weighted by molar-refractivity contribution is 5.30. The number of halogens is 1. The van der Waals surface area contributed by atoms with E-state index < -0.39 is 5.82 Å². The van der Waals surface area contributed by atoms with E-state index in [1.165, 1.54) is 12.1 Å². The number of phenolic OH excluding ortho intramolecular Hbond substituents is 1. The Morgan fingerprint density at radius 1 is 1.00 bits per heavy atom. The average Bonchev–Trinajstić information content (AvgIpc) is 2.39. The lowest BCUT2D eigenvalue weighted by molar-refractivity contribution is 0.276. The number of aromatic hydroxyl groups is 1. The van der Waals surface area contributed by atoms with Crippen LogP contribution in [0.4, 0.5) is 4.39 Å². The minimum Gasteiger partial charge on any atom is -0.508 e. The Balaban J connectivity index is 2.04. The molecule has 0 unspecified atom stereocenters. The lowest BCUT2D eigenvalue weighted by atomic mass is 10.2. The van der Waals surface area contributed by atoms with Gasteiger partial charge < -0.3 is 14.9 Å². The Hall–Kier alpha value is -2.07. The molecular weight excluding hydrogens is 235 g/mol. The van der Waals surface area contributed by atoms with Gasteiger partial charge in [-0.3, -0.25) is 0 Å². The first-order valence-corrected chi connectivity index (χ1v) is 5.49. The quantitative estimate of drug-likeness (QED) is 0.874. The Labute approximate surface area is 104 Å². The third-order valence-corrected chi connectivity index (χ3v) is 2.51. The molecule has 0 spiro atoms. The maximum atomic E-state index is 13.5. The van der Waals surface area contributed by atoms with E-state index in [0.717, 1.165) is 5.56 Å². The summed E-state index contributed by atoms with van der Waals surface area (Å²) in [6.07, 6.45) is 0. The predicted molar refractivity (Wildman–Crippen MR) is 64.8 cm³/mol. The van der Waals surface area contributed by atoms with Crippen LogP contribution in [0.2, 0.25) is 0 Å². The van der Waals surface area contributed by atoms with Gasteiger partial charge in [0.15, 0.2) is 11.6 Å². The van der Waals surface area contributed by atoms with Crippen LogP contribution in [-0.2, 0) is 13.2 Å². The summed E-state index contributed by atoms with van der Waals surface area (Å²) in [5.74, 6) is -0.183. The molecule has 2 aromatic rings. The zero-order valence-electron chi connectivity index (χ0n) is 9.64. The smallest absolute Gasteiger partial charge is 0.165 e. The summed E-state index contributed by atoms with van der Waals surface area (Å²) in [5.41, 5.74) is 1.34. The summed E-state index contributed by atoms with van der Waals surface area (Å²) in [6.45, 7) is 0.0187. The number of ether oxygens (including phenoxy) is 1. The van der Waals surface area contributed by atoms with Crippen LogP contribution in [0.5, 0.6) is 11.5 Å². The minimum atomic E-state index is -0.500. The molecule has 0 saturated heterocycles. The van der Waals surface area contributed by atoms with Gasteiger partial charge in [-0.05, 0) is 35.4 Å². The van der Waals surface area contributed by atoms with Gasteiger partial charge in [-0.25, -0.2) is 4.39 Å². The molecule has 94 valence electrons. The van der Waals surface area contributed by atoms with Crippen molar-refractivity contribution in [1.29, 1.82) is 0 Å². The predicted octanol–water partition coefficient (Wildman–Crippen LogP) is 2.60. The van der Waals surface area contributed by atoms with Gasteiger partial charge in [0, 0.05) is 0 Å². The van der Waals surface area contributed by atoms with Gasteiger partial charge in [0.25, 0.3) is 0 Å². The van der Waals surface area contributed by atoms with E-state index >= 15 is 0 Å². The molecule has 0 aliphatic rings. The van der Waals surface area contributed by atoms with E-state index in [4.69, 9.17) is 14.9 Å². The molecule has 3 nitrogen and oxygen atoms in total. The van der Waals surface area contributed by atoms with Crippen molar-refractivity contribution in [3.05, 3.63) is 59.4 Å². The zero-order chi connectivity index (χ0) is 13.0. The molecule has 0 amide bonds. The SMILES string of the molecule is OCc1ccc(OCc2ccc(O)cc2)c(F)c1. The van der Waals surface area contributed by atoms with Crippen molar-refractivity contribution in [2.45, 2.75) is 13.2 Å². The second-order valence-electron chi connectivity index (χ2n) is 3.88. The van der Waals surface area contributed by atoms with Crippen molar-refractivity contribution in [2.24, 2.45) is 0 Å². The fourth-order valence-corrected chi connectivity index (χ4v) is 1.51. The molecule has 2 N–H and O–H groups in total. The zero-order valence-corrected chi connectivity index (χ0v) is 9.64. The van der Waals surface area contributed by atoms with E-state index in [1.807, 2.05) is 0 Å². The maximum Gasteiger partial charge on any atom is 0.165 e. The minimum absolute atomic E-state index is 0.139. The lowest BCUT2D eigenvalue weighted by Gasteiger charge is -2.08. The van der Waals surface area contributed by atoms with Gasteiger partial charge in [0.2, 0.25) is 0 Å². The maximum absolute atomic E-state index is 13.5. The van der Waals surface area contributed by atoms with Crippen LogP contribution in [0, 0.1) is 5.82 Å². The Bertz CT molecular complexity index is 523. The summed E-state index contributed by atoms with van der Waals surface area (Å²) in [7, 11) is 0. The first-order chi connectivity index (χ1) is 8.69. The Morgan fingerprint density at radius 3 is 2.28 bits per heavy atom. The fourth-order valence-electron chi connectivity index (χ4n) is 1.51. The third kappa shape index (κ3) is 2.99. The van der Waals surface area contributed by atoms with Gasteiger partial charge in [-0.1, -0.05) is 18.2 Å². The number of hydrogen-bond acceptors (Lipinski definition) is 3. The standard InChI is InChI=1S/C14H13FO3/c15-13-7-11(8-16)3-6-14(13)18-9-10-1-4-12(17)5-2-10/h1-7,16-17H,8-9H2. The summed E-state index contributed by atoms with van der Waals surface area (Å²) >= 11 is 0. The topological polar surface area (TPSA) is 49.7 Å². The molecule has 0 saturated carbocycles. The van der Waals surface area contributed by atoms with E-state index in [1.54, 1.807) is 30.3 Å². The van der Waals surface area contributed by atoms with Crippen molar-refractivity contribution < 1.29 is 19.3 Å². The molecule has 0 radical (unpaired) electrons. The van der Waals surface area contributed by atoms with Crippen molar-refractivity contribution in [3.8, 4) is 11.5 Å². The van der Waals surface area contributed by atoms with E-state index in [-0.39, 0.29) is 24.7 Å². The Kier molecular flexibility index (Phi) is 3.79. The molecule has 0 aliphatic carbocycles.